The van der Waals surface area contributed by atoms with Gasteiger partial charge in [-0.25, -0.2) is 4.98 Å². The first kappa shape index (κ1) is 9.09. The normalized spacial score (nSPS) is 34.8. The molecule has 72 valence electrons. The summed E-state index contributed by atoms with van der Waals surface area (Å²) in [6.45, 7) is 2.27. The van der Waals surface area contributed by atoms with Gasteiger partial charge in [-0.15, -0.1) is 0 Å². The zero-order chi connectivity index (χ0) is 9.31. The number of nitrogens with zero attached hydrogens (tertiary/aromatic N) is 2. The van der Waals surface area contributed by atoms with E-state index in [2.05, 4.69) is 16.3 Å². The van der Waals surface area contributed by atoms with Gasteiger partial charge in [0.25, 0.3) is 0 Å². The minimum absolute atomic E-state index is 0.182. The molecule has 1 saturated carbocycles. The molecule has 0 amide bonds. The molecule has 2 atom stereocenters. The molecule has 1 fully saturated rings. The Morgan fingerprint density at radius 1 is 1.69 bits per heavy atom. The van der Waals surface area contributed by atoms with Crippen LogP contribution in [-0.4, -0.2) is 9.36 Å². The number of rotatable bonds is 1. The predicted octanol–water partition coefficient (Wildman–Crippen LogP) is 1.90. The van der Waals surface area contributed by atoms with Crippen molar-refractivity contribution >= 4 is 11.5 Å². The molecule has 0 bridgehead atoms. The molecule has 1 aromatic heterocycles. The van der Waals surface area contributed by atoms with Gasteiger partial charge >= 0.3 is 0 Å². The van der Waals surface area contributed by atoms with Crippen molar-refractivity contribution in [3.63, 3.8) is 0 Å². The van der Waals surface area contributed by atoms with E-state index >= 15 is 0 Å². The van der Waals surface area contributed by atoms with Gasteiger partial charge in [0, 0.05) is 0 Å². The van der Waals surface area contributed by atoms with Crippen LogP contribution in [-0.2, 0) is 5.54 Å². The maximum Gasteiger partial charge on any atom is 0.133 e. The van der Waals surface area contributed by atoms with E-state index in [-0.39, 0.29) is 5.54 Å². The van der Waals surface area contributed by atoms with Crippen LogP contribution in [0.1, 0.15) is 37.6 Å². The van der Waals surface area contributed by atoms with E-state index in [0.717, 1.165) is 23.8 Å². The van der Waals surface area contributed by atoms with Crippen molar-refractivity contribution in [3.05, 3.63) is 11.3 Å². The van der Waals surface area contributed by atoms with E-state index in [9.17, 15) is 0 Å². The highest BCUT2D eigenvalue weighted by Crippen LogP contribution is 2.37. The second kappa shape index (κ2) is 3.35. The lowest BCUT2D eigenvalue weighted by Crippen LogP contribution is -2.40. The van der Waals surface area contributed by atoms with Crippen LogP contribution in [0.3, 0.4) is 0 Å². The molecule has 3 nitrogen and oxygen atoms in total. The Hall–Kier alpha value is -0.480. The van der Waals surface area contributed by atoms with E-state index in [4.69, 9.17) is 5.73 Å². The minimum Gasteiger partial charge on any atom is -0.319 e. The standard InChI is InChI=1S/C9H15N3S/c1-7-3-2-4-9(10,5-7)8-11-6-12-13-8/h6-7H,2-5,10H2,1H3. The van der Waals surface area contributed by atoms with Gasteiger partial charge in [-0.2, -0.15) is 4.37 Å². The highest BCUT2D eigenvalue weighted by atomic mass is 32.1. The summed E-state index contributed by atoms with van der Waals surface area (Å²) in [5.74, 6) is 0.725. The van der Waals surface area contributed by atoms with E-state index < -0.39 is 0 Å². The average Bonchev–Trinajstić information content (AvgIpc) is 2.55. The Labute approximate surface area is 82.5 Å². The molecule has 0 aliphatic heterocycles. The number of nitrogens with two attached hydrogens (primary N) is 1. The van der Waals surface area contributed by atoms with Crippen LogP contribution in [0.25, 0.3) is 0 Å². The molecule has 1 aliphatic carbocycles. The predicted molar refractivity (Wildman–Crippen MR) is 53.4 cm³/mol. The van der Waals surface area contributed by atoms with E-state index in [0.29, 0.717) is 0 Å². The van der Waals surface area contributed by atoms with Gasteiger partial charge in [-0.3, -0.25) is 0 Å². The molecule has 0 radical (unpaired) electrons. The SMILES string of the molecule is CC1CCCC(N)(c2ncns2)C1. The number of hydrogen-bond donors (Lipinski definition) is 1. The summed E-state index contributed by atoms with van der Waals surface area (Å²) in [6.07, 6.45) is 6.25. The third kappa shape index (κ3) is 1.74. The van der Waals surface area contributed by atoms with Gasteiger partial charge in [0.2, 0.25) is 0 Å². The van der Waals surface area contributed by atoms with Gasteiger partial charge in [0.15, 0.2) is 0 Å². The molecular formula is C9H15N3S. The smallest absolute Gasteiger partial charge is 0.133 e. The first-order chi connectivity index (χ1) is 6.21. The van der Waals surface area contributed by atoms with E-state index in [1.165, 1.54) is 24.4 Å². The molecule has 0 spiro atoms. The van der Waals surface area contributed by atoms with Crippen molar-refractivity contribution in [1.29, 1.82) is 0 Å². The third-order valence-corrected chi connectivity index (χ3v) is 3.70. The van der Waals surface area contributed by atoms with E-state index in [1.807, 2.05) is 0 Å². The summed E-state index contributed by atoms with van der Waals surface area (Å²) in [5.41, 5.74) is 6.14. The Bertz CT molecular complexity index is 272. The molecule has 2 rings (SSSR count). The molecule has 2 unspecified atom stereocenters. The second-order valence-electron chi connectivity index (χ2n) is 4.10. The van der Waals surface area contributed by atoms with E-state index in [1.54, 1.807) is 6.33 Å². The molecule has 1 aliphatic rings. The quantitative estimate of drug-likeness (QED) is 0.748. The Morgan fingerprint density at radius 2 is 2.54 bits per heavy atom. The maximum absolute atomic E-state index is 6.32. The monoisotopic (exact) mass is 197 g/mol. The third-order valence-electron chi connectivity index (χ3n) is 2.82. The summed E-state index contributed by atoms with van der Waals surface area (Å²) in [6, 6.07) is 0. The molecule has 0 aromatic carbocycles. The molecule has 2 N–H and O–H groups in total. The van der Waals surface area contributed by atoms with Crippen LogP contribution in [0.2, 0.25) is 0 Å². The molecule has 13 heavy (non-hydrogen) atoms. The lowest BCUT2D eigenvalue weighted by Gasteiger charge is -2.34. The number of aromatic nitrogens is 2. The zero-order valence-electron chi connectivity index (χ0n) is 7.86. The number of hydrogen-bond acceptors (Lipinski definition) is 4. The van der Waals surface area contributed by atoms with Crippen LogP contribution in [0, 0.1) is 5.92 Å². The molecule has 0 saturated heterocycles. The molecule has 1 aromatic rings. The Kier molecular flexibility index (Phi) is 2.34. The average molecular weight is 197 g/mol. The van der Waals surface area contributed by atoms with Crippen LogP contribution in [0.4, 0.5) is 0 Å². The van der Waals surface area contributed by atoms with Crippen molar-refractivity contribution in [2.75, 3.05) is 0 Å². The van der Waals surface area contributed by atoms with Crippen molar-refractivity contribution in [3.8, 4) is 0 Å². The minimum atomic E-state index is -0.182. The molecule has 1 heterocycles. The van der Waals surface area contributed by atoms with Crippen molar-refractivity contribution in [1.82, 2.24) is 9.36 Å². The largest absolute Gasteiger partial charge is 0.319 e. The fourth-order valence-corrected chi connectivity index (χ4v) is 2.83. The van der Waals surface area contributed by atoms with Gasteiger partial charge in [-0.05, 0) is 30.3 Å². The maximum atomic E-state index is 6.32. The Balaban J connectivity index is 2.20. The molecular weight excluding hydrogens is 182 g/mol. The summed E-state index contributed by atoms with van der Waals surface area (Å²) in [7, 11) is 0. The Morgan fingerprint density at radius 3 is 3.15 bits per heavy atom. The van der Waals surface area contributed by atoms with Gasteiger partial charge in [0.05, 0.1) is 5.54 Å². The van der Waals surface area contributed by atoms with Gasteiger partial charge in [0.1, 0.15) is 11.3 Å². The van der Waals surface area contributed by atoms with Crippen molar-refractivity contribution in [2.24, 2.45) is 11.7 Å². The lowest BCUT2D eigenvalue weighted by molar-refractivity contribution is 0.238. The second-order valence-corrected chi connectivity index (χ2v) is 4.88. The van der Waals surface area contributed by atoms with Gasteiger partial charge in [-0.1, -0.05) is 19.8 Å². The summed E-state index contributed by atoms with van der Waals surface area (Å²) in [4.78, 5) is 4.23. The van der Waals surface area contributed by atoms with Crippen LogP contribution >= 0.6 is 11.5 Å². The lowest BCUT2D eigenvalue weighted by atomic mass is 9.77. The highest BCUT2D eigenvalue weighted by Gasteiger charge is 2.35. The fourth-order valence-electron chi connectivity index (χ4n) is 2.18. The first-order valence-electron chi connectivity index (χ1n) is 4.77. The highest BCUT2D eigenvalue weighted by molar-refractivity contribution is 7.05. The molecule has 4 heteroatoms. The van der Waals surface area contributed by atoms with Crippen molar-refractivity contribution < 1.29 is 0 Å². The van der Waals surface area contributed by atoms with Crippen LogP contribution in [0.5, 0.6) is 0 Å². The van der Waals surface area contributed by atoms with Gasteiger partial charge < -0.3 is 5.73 Å². The van der Waals surface area contributed by atoms with Crippen molar-refractivity contribution in [2.45, 2.75) is 38.1 Å². The zero-order valence-corrected chi connectivity index (χ0v) is 8.68. The summed E-state index contributed by atoms with van der Waals surface area (Å²) >= 11 is 1.44. The van der Waals surface area contributed by atoms with Crippen LogP contribution < -0.4 is 5.73 Å². The topological polar surface area (TPSA) is 51.8 Å². The summed E-state index contributed by atoms with van der Waals surface area (Å²) < 4.78 is 4.02. The summed E-state index contributed by atoms with van der Waals surface area (Å²) in [5, 5.41) is 1.01. The van der Waals surface area contributed by atoms with Crippen LogP contribution in [0.15, 0.2) is 6.33 Å². The first-order valence-corrected chi connectivity index (χ1v) is 5.54. The fraction of sp³-hybridized carbons (Fsp3) is 0.778.